The summed E-state index contributed by atoms with van der Waals surface area (Å²) in [7, 11) is 4.95. The van der Waals surface area contributed by atoms with Gasteiger partial charge in [0.15, 0.2) is 0 Å². The van der Waals surface area contributed by atoms with E-state index >= 15 is 0 Å². The standard InChI is InChI=1S/C28H35N3O11/c1-19-6-8-21(30(15-25(32)37-2)16-26(33)38-3)23(12-19)41-10-11-42-24-13-20(14-29-36)7-9-22(24)31(17-27(34)39-4)18-28(35)40-5/h6-9,12-14,36H,10-11,15-18H2,1-5H3/b29-14+. The molecule has 2 rings (SSSR count). The maximum Gasteiger partial charge on any atom is 0.325 e. The highest BCUT2D eigenvalue weighted by molar-refractivity contribution is 5.85. The summed E-state index contributed by atoms with van der Waals surface area (Å²) in [4.78, 5) is 51.1. The molecule has 14 nitrogen and oxygen atoms in total. The Kier molecular flexibility index (Phi) is 13.4. The van der Waals surface area contributed by atoms with Crippen molar-refractivity contribution in [3.63, 3.8) is 0 Å². The fraction of sp³-hybridized carbons (Fsp3) is 0.393. The molecule has 14 heteroatoms. The topological polar surface area (TPSA) is 163 Å². The molecule has 0 aliphatic heterocycles. The highest BCUT2D eigenvalue weighted by atomic mass is 16.5. The summed E-state index contributed by atoms with van der Waals surface area (Å²) in [5, 5.41) is 12.0. The highest BCUT2D eigenvalue weighted by Crippen LogP contribution is 2.31. The van der Waals surface area contributed by atoms with E-state index in [1.807, 2.05) is 6.92 Å². The second-order valence-corrected chi connectivity index (χ2v) is 8.66. The van der Waals surface area contributed by atoms with Crippen molar-refractivity contribution >= 4 is 41.5 Å². The van der Waals surface area contributed by atoms with Crippen molar-refractivity contribution < 1.29 is 52.8 Å². The average molecular weight is 590 g/mol. The Balaban J connectivity index is 2.30. The SMILES string of the molecule is COC(=O)CN(CC(=O)OC)c1ccc(C)cc1OCCOc1cc(/C=N/O)ccc1N(CC(=O)OC)CC(=O)OC. The quantitative estimate of drug-likeness (QED) is 0.0750. The van der Waals surface area contributed by atoms with Gasteiger partial charge in [0, 0.05) is 0 Å². The summed E-state index contributed by atoms with van der Waals surface area (Å²) in [6, 6.07) is 10.0. The Morgan fingerprint density at radius 2 is 1.10 bits per heavy atom. The van der Waals surface area contributed by atoms with Gasteiger partial charge in [-0.05, 0) is 42.3 Å². The van der Waals surface area contributed by atoms with Crippen LogP contribution in [-0.4, -0.2) is 103 Å². The summed E-state index contributed by atoms with van der Waals surface area (Å²) in [6.07, 6.45) is 1.19. The highest BCUT2D eigenvalue weighted by Gasteiger charge is 2.22. The monoisotopic (exact) mass is 589 g/mol. The van der Waals surface area contributed by atoms with Crippen LogP contribution in [0.2, 0.25) is 0 Å². The maximum absolute atomic E-state index is 12.1. The second-order valence-electron chi connectivity index (χ2n) is 8.66. The molecule has 0 atom stereocenters. The minimum absolute atomic E-state index is 0.00159. The van der Waals surface area contributed by atoms with E-state index in [-0.39, 0.29) is 45.1 Å². The normalized spacial score (nSPS) is 10.5. The van der Waals surface area contributed by atoms with Gasteiger partial charge in [0.05, 0.1) is 46.0 Å². The smallest absolute Gasteiger partial charge is 0.325 e. The number of esters is 4. The Morgan fingerprint density at radius 1 is 0.690 bits per heavy atom. The summed E-state index contributed by atoms with van der Waals surface area (Å²) in [5.41, 5.74) is 2.18. The second kappa shape index (κ2) is 16.9. The van der Waals surface area contributed by atoms with Crippen molar-refractivity contribution in [2.75, 3.05) is 77.6 Å². The lowest BCUT2D eigenvalue weighted by Crippen LogP contribution is -2.36. The minimum Gasteiger partial charge on any atom is -0.488 e. The van der Waals surface area contributed by atoms with Gasteiger partial charge in [0.2, 0.25) is 0 Å². The van der Waals surface area contributed by atoms with Crippen molar-refractivity contribution in [1.82, 2.24) is 0 Å². The number of anilines is 2. The molecule has 2 aromatic rings. The fourth-order valence-corrected chi connectivity index (χ4v) is 3.69. The number of methoxy groups -OCH3 is 4. The molecule has 1 N–H and O–H groups in total. The predicted molar refractivity (Wildman–Crippen MR) is 150 cm³/mol. The van der Waals surface area contributed by atoms with Crippen LogP contribution < -0.4 is 19.3 Å². The van der Waals surface area contributed by atoms with Gasteiger partial charge in [-0.15, -0.1) is 0 Å². The number of benzene rings is 2. The number of aryl methyl sites for hydroxylation is 1. The predicted octanol–water partition coefficient (Wildman–Crippen LogP) is 1.57. The van der Waals surface area contributed by atoms with Crippen molar-refractivity contribution in [2.45, 2.75) is 6.92 Å². The molecule has 0 aliphatic carbocycles. The van der Waals surface area contributed by atoms with E-state index < -0.39 is 23.9 Å². The van der Waals surface area contributed by atoms with E-state index in [1.165, 1.54) is 44.5 Å². The van der Waals surface area contributed by atoms with Crippen LogP contribution in [0.1, 0.15) is 11.1 Å². The molecule has 228 valence electrons. The van der Waals surface area contributed by atoms with Gasteiger partial charge in [-0.25, -0.2) is 0 Å². The van der Waals surface area contributed by atoms with Crippen LogP contribution in [0.15, 0.2) is 41.6 Å². The average Bonchev–Trinajstić information content (AvgIpc) is 2.98. The third-order valence-electron chi connectivity index (χ3n) is 5.78. The first-order valence-corrected chi connectivity index (χ1v) is 12.6. The molecular weight excluding hydrogens is 554 g/mol. The number of hydrogen-bond donors (Lipinski definition) is 1. The van der Waals surface area contributed by atoms with E-state index in [4.69, 9.17) is 33.6 Å². The van der Waals surface area contributed by atoms with Crippen LogP contribution in [0, 0.1) is 6.92 Å². The lowest BCUT2D eigenvalue weighted by atomic mass is 10.2. The number of nitrogens with zero attached hydrogens (tertiary/aromatic N) is 3. The molecule has 0 fully saturated rings. The minimum atomic E-state index is -0.593. The molecule has 0 saturated heterocycles. The first-order valence-electron chi connectivity index (χ1n) is 12.6. The molecule has 0 saturated carbocycles. The van der Waals surface area contributed by atoms with Crippen molar-refractivity contribution in [3.05, 3.63) is 47.5 Å². The summed E-state index contributed by atoms with van der Waals surface area (Å²) in [5.74, 6) is -1.67. The van der Waals surface area contributed by atoms with Gasteiger partial charge < -0.3 is 43.4 Å². The molecule has 0 aliphatic rings. The number of rotatable bonds is 16. The first-order chi connectivity index (χ1) is 20.1. The van der Waals surface area contributed by atoms with Crippen LogP contribution in [0.3, 0.4) is 0 Å². The summed E-state index contributed by atoms with van der Waals surface area (Å²) >= 11 is 0. The van der Waals surface area contributed by atoms with E-state index in [0.29, 0.717) is 22.7 Å². The number of oxime groups is 1. The number of hydrogen-bond acceptors (Lipinski definition) is 14. The van der Waals surface area contributed by atoms with Gasteiger partial charge in [-0.1, -0.05) is 17.3 Å². The molecule has 0 heterocycles. The third-order valence-corrected chi connectivity index (χ3v) is 5.78. The van der Waals surface area contributed by atoms with E-state index in [2.05, 4.69) is 5.16 Å². The zero-order chi connectivity index (χ0) is 31.1. The lowest BCUT2D eigenvalue weighted by Gasteiger charge is -2.26. The molecule has 0 unspecified atom stereocenters. The molecule has 42 heavy (non-hydrogen) atoms. The number of ether oxygens (including phenoxy) is 6. The Hall–Kier alpha value is -5.01. The molecule has 0 amide bonds. The number of carbonyl (C=O) groups excluding carboxylic acids is 4. The molecule has 0 bridgehead atoms. The van der Waals surface area contributed by atoms with Crippen LogP contribution in [0.4, 0.5) is 11.4 Å². The third kappa shape index (κ3) is 10.2. The molecule has 0 radical (unpaired) electrons. The van der Waals surface area contributed by atoms with Crippen LogP contribution in [0.5, 0.6) is 11.5 Å². The van der Waals surface area contributed by atoms with Gasteiger partial charge in [0.1, 0.15) is 50.9 Å². The largest absolute Gasteiger partial charge is 0.488 e. The Labute approximate surface area is 243 Å². The van der Waals surface area contributed by atoms with Gasteiger partial charge >= 0.3 is 23.9 Å². The van der Waals surface area contributed by atoms with Crippen molar-refractivity contribution in [1.29, 1.82) is 0 Å². The molecule has 0 spiro atoms. The zero-order valence-corrected chi connectivity index (χ0v) is 24.2. The van der Waals surface area contributed by atoms with Crippen LogP contribution in [0.25, 0.3) is 0 Å². The van der Waals surface area contributed by atoms with Gasteiger partial charge in [-0.2, -0.15) is 0 Å². The Bertz CT molecular complexity index is 1230. The van der Waals surface area contributed by atoms with E-state index in [1.54, 1.807) is 36.4 Å². The van der Waals surface area contributed by atoms with Gasteiger partial charge in [-0.3, -0.25) is 19.2 Å². The molecule has 0 aromatic heterocycles. The number of carbonyl (C=O) groups is 4. The fourth-order valence-electron chi connectivity index (χ4n) is 3.69. The van der Waals surface area contributed by atoms with Crippen LogP contribution >= 0.6 is 0 Å². The van der Waals surface area contributed by atoms with E-state index in [0.717, 1.165) is 5.56 Å². The lowest BCUT2D eigenvalue weighted by molar-refractivity contribution is -0.141. The van der Waals surface area contributed by atoms with Crippen LogP contribution in [-0.2, 0) is 38.1 Å². The summed E-state index contributed by atoms with van der Waals surface area (Å²) in [6.45, 7) is 0.894. The zero-order valence-electron chi connectivity index (χ0n) is 24.2. The Morgan fingerprint density at radius 3 is 1.50 bits per heavy atom. The molecule has 2 aromatic carbocycles. The summed E-state index contributed by atoms with van der Waals surface area (Å²) < 4.78 is 31.0. The first kappa shape index (κ1) is 33.2. The van der Waals surface area contributed by atoms with Gasteiger partial charge in [0.25, 0.3) is 0 Å². The van der Waals surface area contributed by atoms with Crippen molar-refractivity contribution in [2.24, 2.45) is 5.16 Å². The van der Waals surface area contributed by atoms with Crippen molar-refractivity contribution in [3.8, 4) is 11.5 Å². The van der Waals surface area contributed by atoms with E-state index in [9.17, 15) is 19.2 Å². The molecular formula is C28H35N3O11. The maximum atomic E-state index is 12.1.